The monoisotopic (exact) mass is 572 g/mol. The number of rotatable bonds is 3. The number of fused-ring (bicyclic) bond motifs is 4. The van der Waals surface area contributed by atoms with Crippen molar-refractivity contribution in [1.29, 1.82) is 0 Å². The van der Waals surface area contributed by atoms with Crippen molar-refractivity contribution in [3.63, 3.8) is 0 Å². The van der Waals surface area contributed by atoms with Crippen molar-refractivity contribution in [2.75, 3.05) is 0 Å². The van der Waals surface area contributed by atoms with Crippen LogP contribution in [0.25, 0.3) is 0 Å². The molecule has 7 aliphatic rings. The smallest absolute Gasteiger partial charge is 0.303 e. The Balaban J connectivity index is 1.31. The van der Waals surface area contributed by atoms with Crippen molar-refractivity contribution in [3.05, 3.63) is 0 Å². The topological polar surface area (TPSA) is 124 Å². The first kappa shape index (κ1) is 28.5. The third-order valence-electron chi connectivity index (χ3n) is 14.3. The lowest BCUT2D eigenvalue weighted by molar-refractivity contribution is -0.247. The number of nitrogens with two attached hydrogens (primary N) is 1. The molecule has 1 saturated heterocycles. The molecule has 8 nitrogen and oxygen atoms in total. The molecular formula is C33H52N2O6. The molecule has 13 unspecified atom stereocenters. The summed E-state index contributed by atoms with van der Waals surface area (Å²) in [6, 6.07) is 0. The number of aliphatic imine (C=N–C) groups is 1. The SMILES string of the molecule is CC(=O)OC(C1CC(C)C2C3(N=C(C)OC3C3(N)C4CCC5C(C)(C)C(O)CCC56CC46CCC23C)O1)C(C)(C)O. The summed E-state index contributed by atoms with van der Waals surface area (Å²) in [6.07, 6.45) is 6.06. The largest absolute Gasteiger partial charge is 0.471 e. The van der Waals surface area contributed by atoms with Gasteiger partial charge < -0.3 is 30.2 Å². The van der Waals surface area contributed by atoms with Gasteiger partial charge in [0.15, 0.2) is 18.1 Å². The van der Waals surface area contributed by atoms with Crippen LogP contribution in [0.5, 0.6) is 0 Å². The number of nitrogens with zero attached hydrogens (tertiary/aromatic N) is 1. The zero-order valence-corrected chi connectivity index (χ0v) is 26.3. The Kier molecular flexibility index (Phi) is 5.62. The molecule has 2 aliphatic heterocycles. The average molecular weight is 573 g/mol. The average Bonchev–Trinajstić information content (AvgIpc) is 3.36. The van der Waals surface area contributed by atoms with Crippen LogP contribution in [0.4, 0.5) is 0 Å². The number of aliphatic hydroxyl groups excluding tert-OH is 1. The molecule has 230 valence electrons. The van der Waals surface area contributed by atoms with Gasteiger partial charge in [-0.05, 0) is 105 Å². The molecule has 5 saturated carbocycles. The van der Waals surface area contributed by atoms with E-state index in [0.29, 0.717) is 18.2 Å². The van der Waals surface area contributed by atoms with Gasteiger partial charge in [0, 0.05) is 19.8 Å². The van der Waals surface area contributed by atoms with Gasteiger partial charge in [-0.2, -0.15) is 0 Å². The summed E-state index contributed by atoms with van der Waals surface area (Å²) in [4.78, 5) is 17.3. The molecule has 5 aliphatic carbocycles. The molecule has 0 aromatic heterocycles. The van der Waals surface area contributed by atoms with E-state index in [4.69, 9.17) is 24.9 Å². The van der Waals surface area contributed by atoms with Crippen molar-refractivity contribution in [2.24, 2.45) is 56.1 Å². The van der Waals surface area contributed by atoms with Crippen LogP contribution in [0.2, 0.25) is 0 Å². The number of aliphatic hydroxyl groups is 2. The first-order valence-corrected chi connectivity index (χ1v) is 16.2. The van der Waals surface area contributed by atoms with Gasteiger partial charge in [0.1, 0.15) is 6.10 Å². The molecule has 0 radical (unpaired) electrons. The van der Waals surface area contributed by atoms with Gasteiger partial charge in [-0.25, -0.2) is 4.99 Å². The summed E-state index contributed by atoms with van der Waals surface area (Å²) in [6.45, 7) is 15.8. The molecule has 0 bridgehead atoms. The number of hydrogen-bond donors (Lipinski definition) is 3. The van der Waals surface area contributed by atoms with Gasteiger partial charge in [-0.3, -0.25) is 4.79 Å². The molecule has 0 amide bonds. The lowest BCUT2D eigenvalue weighted by Gasteiger charge is -2.63. The molecule has 13 atom stereocenters. The normalized spacial score (nSPS) is 55.1. The van der Waals surface area contributed by atoms with Crippen LogP contribution in [0.3, 0.4) is 0 Å². The van der Waals surface area contributed by atoms with E-state index in [9.17, 15) is 15.0 Å². The van der Waals surface area contributed by atoms with E-state index < -0.39 is 41.1 Å². The minimum atomic E-state index is -1.29. The molecule has 0 aromatic rings. The zero-order valence-electron chi connectivity index (χ0n) is 26.3. The van der Waals surface area contributed by atoms with Crippen molar-refractivity contribution >= 4 is 11.9 Å². The van der Waals surface area contributed by atoms with Crippen molar-refractivity contribution in [2.45, 2.75) is 148 Å². The maximum Gasteiger partial charge on any atom is 0.303 e. The summed E-state index contributed by atoms with van der Waals surface area (Å²) in [5.41, 5.74) is 5.16. The second-order valence-corrected chi connectivity index (χ2v) is 16.8. The highest BCUT2D eigenvalue weighted by Crippen LogP contribution is 2.88. The van der Waals surface area contributed by atoms with Gasteiger partial charge >= 0.3 is 5.97 Å². The predicted molar refractivity (Wildman–Crippen MR) is 154 cm³/mol. The van der Waals surface area contributed by atoms with Gasteiger partial charge in [-0.1, -0.05) is 27.7 Å². The molecule has 2 heterocycles. The highest BCUT2D eigenvalue weighted by atomic mass is 16.6. The van der Waals surface area contributed by atoms with Crippen LogP contribution in [0, 0.1) is 45.3 Å². The molecule has 3 spiro atoms. The van der Waals surface area contributed by atoms with Crippen molar-refractivity contribution < 1.29 is 29.2 Å². The Hall–Kier alpha value is -1.22. The lowest BCUT2D eigenvalue weighted by Crippen LogP contribution is -2.70. The van der Waals surface area contributed by atoms with E-state index in [-0.39, 0.29) is 45.5 Å². The third kappa shape index (κ3) is 3.16. The van der Waals surface area contributed by atoms with Crippen LogP contribution in [0.15, 0.2) is 4.99 Å². The highest BCUT2D eigenvalue weighted by molar-refractivity contribution is 5.76. The van der Waals surface area contributed by atoms with Gasteiger partial charge in [0.2, 0.25) is 5.72 Å². The predicted octanol–water partition coefficient (Wildman–Crippen LogP) is 4.34. The molecule has 7 rings (SSSR count). The molecule has 6 fully saturated rings. The van der Waals surface area contributed by atoms with Crippen molar-refractivity contribution in [1.82, 2.24) is 0 Å². The number of esters is 1. The number of hydrogen-bond acceptors (Lipinski definition) is 8. The highest BCUT2D eigenvalue weighted by Gasteiger charge is 2.88. The Bertz CT molecular complexity index is 1200. The molecule has 4 N–H and O–H groups in total. The number of carbonyl (C=O) groups is 1. The first-order chi connectivity index (χ1) is 18.9. The van der Waals surface area contributed by atoms with Crippen LogP contribution in [0.1, 0.15) is 107 Å². The van der Waals surface area contributed by atoms with Crippen molar-refractivity contribution in [3.8, 4) is 0 Å². The molecule has 41 heavy (non-hydrogen) atoms. The second-order valence-electron chi connectivity index (χ2n) is 16.8. The third-order valence-corrected chi connectivity index (χ3v) is 14.3. The minimum Gasteiger partial charge on any atom is -0.471 e. The van der Waals surface area contributed by atoms with Gasteiger partial charge in [0.25, 0.3) is 0 Å². The summed E-state index contributed by atoms with van der Waals surface area (Å²) in [5, 5.41) is 22.1. The number of ether oxygens (including phenoxy) is 3. The van der Waals surface area contributed by atoms with Crippen LogP contribution < -0.4 is 5.73 Å². The van der Waals surface area contributed by atoms with E-state index in [1.54, 1.807) is 13.8 Å². The summed E-state index contributed by atoms with van der Waals surface area (Å²) < 4.78 is 19.5. The van der Waals surface area contributed by atoms with E-state index >= 15 is 0 Å². The van der Waals surface area contributed by atoms with Gasteiger partial charge in [-0.15, -0.1) is 0 Å². The van der Waals surface area contributed by atoms with Gasteiger partial charge in [0.05, 0.1) is 17.2 Å². The molecule has 8 heteroatoms. The Morgan fingerprint density at radius 3 is 2.44 bits per heavy atom. The fourth-order valence-electron chi connectivity index (χ4n) is 12.9. The van der Waals surface area contributed by atoms with E-state index in [1.807, 2.05) is 6.92 Å². The van der Waals surface area contributed by atoms with Crippen LogP contribution >= 0.6 is 0 Å². The van der Waals surface area contributed by atoms with E-state index in [1.165, 1.54) is 13.3 Å². The lowest BCUT2D eigenvalue weighted by atomic mass is 9.43. The number of carbonyl (C=O) groups excluding carboxylic acids is 1. The molecular weight excluding hydrogens is 520 g/mol. The maximum absolute atomic E-state index is 12.1. The summed E-state index contributed by atoms with van der Waals surface area (Å²) in [5.74, 6) is 1.19. The Morgan fingerprint density at radius 1 is 1.12 bits per heavy atom. The Labute approximate surface area is 245 Å². The van der Waals surface area contributed by atoms with E-state index in [2.05, 4.69) is 27.7 Å². The standard InChI is InChI=1S/C33H52N2O6/c1-17-15-20(25(28(6,7)38)40-19(3)36)41-33-24(17)29(8)13-14-31-16-30(31)12-11-23(37)27(4,5)21(30)9-10-22(31)32(29,34)26(33)39-18(2)35-33/h17,20-26,37-38H,9-16,34H2,1-8H3. The first-order valence-electron chi connectivity index (χ1n) is 16.2. The minimum absolute atomic E-state index is 0.0490. The summed E-state index contributed by atoms with van der Waals surface area (Å²) in [7, 11) is 0. The Morgan fingerprint density at radius 2 is 1.78 bits per heavy atom. The zero-order chi connectivity index (χ0) is 29.8. The summed E-state index contributed by atoms with van der Waals surface area (Å²) >= 11 is 0. The van der Waals surface area contributed by atoms with Crippen LogP contribution in [-0.4, -0.2) is 63.4 Å². The van der Waals surface area contributed by atoms with E-state index in [0.717, 1.165) is 38.5 Å². The fraction of sp³-hybridized carbons (Fsp3) is 0.939. The maximum atomic E-state index is 12.1. The molecule has 0 aromatic carbocycles. The fourth-order valence-corrected chi connectivity index (χ4v) is 12.9. The quantitative estimate of drug-likeness (QED) is 0.430. The van der Waals surface area contributed by atoms with Crippen LogP contribution in [-0.2, 0) is 19.0 Å². The second kappa shape index (κ2) is 8.08.